The smallest absolute Gasteiger partial charge is 0.200 e. The third-order valence-corrected chi connectivity index (χ3v) is 3.76. The van der Waals surface area contributed by atoms with Gasteiger partial charge in [-0.25, -0.2) is 4.39 Å². The lowest BCUT2D eigenvalue weighted by Gasteiger charge is -2.43. The Morgan fingerprint density at radius 1 is 1.35 bits per heavy atom. The molecule has 1 aliphatic rings. The van der Waals surface area contributed by atoms with E-state index in [1.165, 1.54) is 13.2 Å². The van der Waals surface area contributed by atoms with Crippen molar-refractivity contribution in [3.05, 3.63) is 29.3 Å². The van der Waals surface area contributed by atoms with Gasteiger partial charge in [-0.3, -0.25) is 0 Å². The quantitative estimate of drug-likeness (QED) is 0.879. The van der Waals surface area contributed by atoms with Crippen LogP contribution in [-0.4, -0.2) is 13.7 Å². The molecule has 0 unspecified atom stereocenters. The van der Waals surface area contributed by atoms with Crippen LogP contribution >= 0.6 is 0 Å². The van der Waals surface area contributed by atoms with Crippen molar-refractivity contribution in [1.82, 2.24) is 0 Å². The van der Waals surface area contributed by atoms with E-state index >= 15 is 0 Å². The van der Waals surface area contributed by atoms with Gasteiger partial charge >= 0.3 is 0 Å². The average Bonchev–Trinajstić information content (AvgIpc) is 2.27. The molecule has 0 atom stereocenters. The fraction of sp³-hybridized carbons (Fsp3) is 0.538. The first-order valence-corrected chi connectivity index (χ1v) is 5.87. The summed E-state index contributed by atoms with van der Waals surface area (Å²) in [6.07, 6.45) is 3.81. The van der Waals surface area contributed by atoms with Gasteiger partial charge in [-0.1, -0.05) is 12.5 Å². The van der Waals surface area contributed by atoms with E-state index in [0.29, 0.717) is 6.54 Å². The van der Waals surface area contributed by atoms with Gasteiger partial charge in [0.1, 0.15) is 0 Å². The molecule has 4 heteroatoms. The van der Waals surface area contributed by atoms with Crippen LogP contribution in [0.3, 0.4) is 0 Å². The number of rotatable bonds is 4. The molecule has 2 nitrogen and oxygen atoms in total. The fourth-order valence-electron chi connectivity index (χ4n) is 2.68. The van der Waals surface area contributed by atoms with Gasteiger partial charge in [0, 0.05) is 11.0 Å². The van der Waals surface area contributed by atoms with Gasteiger partial charge in [-0.05, 0) is 31.9 Å². The molecule has 0 heterocycles. The second-order valence-electron chi connectivity index (χ2n) is 4.61. The summed E-state index contributed by atoms with van der Waals surface area (Å²) in [4.78, 5) is 0. The van der Waals surface area contributed by atoms with Crippen LogP contribution in [0.25, 0.3) is 0 Å². The molecule has 1 aliphatic carbocycles. The van der Waals surface area contributed by atoms with Gasteiger partial charge in [0.15, 0.2) is 11.6 Å². The standard InChI is InChI=1S/C13H17F2NO/c1-17-12-9(3-4-10(14)11(12)15)13(7-8-16)5-2-6-13/h3-4H,2,5-8,16H2,1H3. The molecule has 0 amide bonds. The molecule has 0 aliphatic heterocycles. The molecule has 0 radical (unpaired) electrons. The molecule has 0 aromatic heterocycles. The maximum Gasteiger partial charge on any atom is 0.200 e. The normalized spacial score (nSPS) is 17.6. The minimum atomic E-state index is -0.895. The third kappa shape index (κ3) is 1.90. The Morgan fingerprint density at radius 2 is 2.06 bits per heavy atom. The first-order valence-electron chi connectivity index (χ1n) is 5.87. The Balaban J connectivity index is 2.47. The number of methoxy groups -OCH3 is 1. The summed E-state index contributed by atoms with van der Waals surface area (Å²) < 4.78 is 31.9. The summed E-state index contributed by atoms with van der Waals surface area (Å²) in [7, 11) is 1.37. The summed E-state index contributed by atoms with van der Waals surface area (Å²) in [5.74, 6) is -1.72. The lowest BCUT2D eigenvalue weighted by Crippen LogP contribution is -2.37. The van der Waals surface area contributed by atoms with E-state index in [4.69, 9.17) is 10.5 Å². The van der Waals surface area contributed by atoms with Crippen LogP contribution in [0.1, 0.15) is 31.2 Å². The zero-order valence-electron chi connectivity index (χ0n) is 9.93. The Kier molecular flexibility index (Phi) is 3.33. The van der Waals surface area contributed by atoms with Crippen molar-refractivity contribution in [1.29, 1.82) is 0 Å². The van der Waals surface area contributed by atoms with Crippen molar-refractivity contribution in [2.75, 3.05) is 13.7 Å². The second-order valence-corrected chi connectivity index (χ2v) is 4.61. The minimum Gasteiger partial charge on any atom is -0.493 e. The number of benzene rings is 1. The van der Waals surface area contributed by atoms with Crippen LogP contribution in [0, 0.1) is 11.6 Å². The van der Waals surface area contributed by atoms with Crippen molar-refractivity contribution in [3.63, 3.8) is 0 Å². The van der Waals surface area contributed by atoms with Crippen molar-refractivity contribution in [2.45, 2.75) is 31.1 Å². The van der Waals surface area contributed by atoms with Gasteiger partial charge in [0.2, 0.25) is 5.82 Å². The van der Waals surface area contributed by atoms with E-state index < -0.39 is 11.6 Å². The van der Waals surface area contributed by atoms with Crippen molar-refractivity contribution >= 4 is 0 Å². The topological polar surface area (TPSA) is 35.2 Å². The van der Waals surface area contributed by atoms with Crippen molar-refractivity contribution in [2.24, 2.45) is 5.73 Å². The minimum absolute atomic E-state index is 0.0400. The van der Waals surface area contributed by atoms with Gasteiger partial charge in [0.25, 0.3) is 0 Å². The summed E-state index contributed by atoms with van der Waals surface area (Å²) in [6, 6.07) is 2.80. The predicted octanol–water partition coefficient (Wildman–Crippen LogP) is 2.74. The third-order valence-electron chi connectivity index (χ3n) is 3.76. The fourth-order valence-corrected chi connectivity index (χ4v) is 2.68. The lowest BCUT2D eigenvalue weighted by atomic mass is 9.62. The highest BCUT2D eigenvalue weighted by Crippen LogP contribution is 2.49. The van der Waals surface area contributed by atoms with E-state index in [9.17, 15) is 8.78 Å². The maximum atomic E-state index is 13.7. The number of halogens is 2. The van der Waals surface area contributed by atoms with Crippen LogP contribution in [0.4, 0.5) is 8.78 Å². The van der Waals surface area contributed by atoms with Gasteiger partial charge in [-0.15, -0.1) is 0 Å². The summed E-state index contributed by atoms with van der Waals surface area (Å²) >= 11 is 0. The van der Waals surface area contributed by atoms with Crippen LogP contribution in [0.5, 0.6) is 5.75 Å². The largest absolute Gasteiger partial charge is 0.493 e. The average molecular weight is 241 g/mol. The number of hydrogen-bond donors (Lipinski definition) is 1. The van der Waals surface area contributed by atoms with Crippen LogP contribution in [0.2, 0.25) is 0 Å². The Bertz CT molecular complexity index is 416. The summed E-state index contributed by atoms with van der Waals surface area (Å²) in [5, 5.41) is 0. The molecule has 1 aromatic rings. The Hall–Kier alpha value is -1.16. The molecular formula is C13H17F2NO. The lowest BCUT2D eigenvalue weighted by molar-refractivity contribution is 0.218. The molecule has 17 heavy (non-hydrogen) atoms. The molecular weight excluding hydrogens is 224 g/mol. The van der Waals surface area contributed by atoms with E-state index in [0.717, 1.165) is 31.2 Å². The molecule has 1 saturated carbocycles. The van der Waals surface area contributed by atoms with Crippen LogP contribution < -0.4 is 10.5 Å². The van der Waals surface area contributed by atoms with Gasteiger partial charge in [-0.2, -0.15) is 4.39 Å². The molecule has 0 spiro atoms. The number of ether oxygens (including phenoxy) is 1. The Morgan fingerprint density at radius 3 is 2.53 bits per heavy atom. The molecule has 1 fully saturated rings. The Labute approximate surface area is 99.8 Å². The molecule has 0 saturated heterocycles. The predicted molar refractivity (Wildman–Crippen MR) is 62.1 cm³/mol. The van der Waals surface area contributed by atoms with E-state index in [1.807, 2.05) is 0 Å². The van der Waals surface area contributed by atoms with E-state index in [2.05, 4.69) is 0 Å². The van der Waals surface area contributed by atoms with E-state index in [-0.39, 0.29) is 11.2 Å². The summed E-state index contributed by atoms with van der Waals surface area (Å²) in [6.45, 7) is 0.544. The first kappa shape index (κ1) is 12.3. The highest BCUT2D eigenvalue weighted by atomic mass is 19.2. The second kappa shape index (κ2) is 4.61. The van der Waals surface area contributed by atoms with Crippen LogP contribution in [-0.2, 0) is 5.41 Å². The van der Waals surface area contributed by atoms with Gasteiger partial charge < -0.3 is 10.5 Å². The summed E-state index contributed by atoms with van der Waals surface area (Å²) in [5.41, 5.74) is 6.26. The molecule has 1 aromatic carbocycles. The zero-order chi connectivity index (χ0) is 12.5. The van der Waals surface area contributed by atoms with Crippen molar-refractivity contribution in [3.8, 4) is 5.75 Å². The number of hydrogen-bond acceptors (Lipinski definition) is 2. The van der Waals surface area contributed by atoms with Gasteiger partial charge in [0.05, 0.1) is 7.11 Å². The first-order chi connectivity index (χ1) is 8.14. The monoisotopic (exact) mass is 241 g/mol. The molecule has 94 valence electrons. The SMILES string of the molecule is COc1c(C2(CCN)CCC2)ccc(F)c1F. The van der Waals surface area contributed by atoms with Crippen molar-refractivity contribution < 1.29 is 13.5 Å². The zero-order valence-corrected chi connectivity index (χ0v) is 9.93. The number of nitrogens with two attached hydrogens (primary N) is 1. The van der Waals surface area contributed by atoms with E-state index in [1.54, 1.807) is 6.07 Å². The van der Waals surface area contributed by atoms with Crippen LogP contribution in [0.15, 0.2) is 12.1 Å². The highest BCUT2D eigenvalue weighted by Gasteiger charge is 2.40. The molecule has 2 N–H and O–H groups in total. The maximum absolute atomic E-state index is 13.7. The molecule has 0 bridgehead atoms. The molecule has 2 rings (SSSR count). The highest BCUT2D eigenvalue weighted by molar-refractivity contribution is 5.43.